The lowest BCUT2D eigenvalue weighted by molar-refractivity contribution is -0.122. The molecule has 1 rings (SSSR count). The minimum absolute atomic E-state index is 0.0637. The van der Waals surface area contributed by atoms with Crippen LogP contribution in [0.3, 0.4) is 0 Å². The van der Waals surface area contributed by atoms with Gasteiger partial charge in [-0.1, -0.05) is 5.92 Å². The molecule has 1 aromatic carbocycles. The third-order valence-corrected chi connectivity index (χ3v) is 2.36. The molecule has 18 heavy (non-hydrogen) atoms. The van der Waals surface area contributed by atoms with Crippen molar-refractivity contribution in [2.45, 2.75) is 19.5 Å². The molecule has 1 aromatic rings. The first-order chi connectivity index (χ1) is 8.54. The highest BCUT2D eigenvalue weighted by atomic mass is 19.1. The molecule has 0 bridgehead atoms. The van der Waals surface area contributed by atoms with E-state index in [0.717, 1.165) is 18.2 Å². The summed E-state index contributed by atoms with van der Waals surface area (Å²) in [6.07, 6.45) is 5.00. The maximum absolute atomic E-state index is 13.3. The van der Waals surface area contributed by atoms with E-state index in [9.17, 15) is 13.6 Å². The summed E-state index contributed by atoms with van der Waals surface area (Å²) in [4.78, 5) is 11.4. The molecule has 5 heteroatoms. The van der Waals surface area contributed by atoms with E-state index < -0.39 is 17.7 Å². The molecule has 0 saturated carbocycles. The van der Waals surface area contributed by atoms with Gasteiger partial charge < -0.3 is 10.6 Å². The van der Waals surface area contributed by atoms with Gasteiger partial charge in [-0.2, -0.15) is 0 Å². The van der Waals surface area contributed by atoms with Gasteiger partial charge in [0.15, 0.2) is 0 Å². The number of rotatable bonds is 5. The zero-order valence-electron chi connectivity index (χ0n) is 9.97. The topological polar surface area (TPSA) is 41.1 Å². The summed E-state index contributed by atoms with van der Waals surface area (Å²) in [5.41, 5.74) is 0.173. The van der Waals surface area contributed by atoms with Crippen molar-refractivity contribution in [3.8, 4) is 12.3 Å². The number of amides is 1. The summed E-state index contributed by atoms with van der Waals surface area (Å²) in [6, 6.07) is 2.65. The third kappa shape index (κ3) is 4.15. The van der Waals surface area contributed by atoms with Crippen LogP contribution in [0.5, 0.6) is 0 Å². The second kappa shape index (κ2) is 6.72. The summed E-state index contributed by atoms with van der Waals surface area (Å²) < 4.78 is 26.2. The first kappa shape index (κ1) is 14.1. The molecule has 0 heterocycles. The average Bonchev–Trinajstić information content (AvgIpc) is 2.36. The molecule has 0 aliphatic heterocycles. The van der Waals surface area contributed by atoms with E-state index in [-0.39, 0.29) is 24.6 Å². The Labute approximate surface area is 105 Å². The normalized spacial score (nSPS) is 11.7. The van der Waals surface area contributed by atoms with Crippen LogP contribution in [-0.2, 0) is 11.3 Å². The minimum Gasteiger partial charge on any atom is -0.344 e. The van der Waals surface area contributed by atoms with Crippen LogP contribution in [0.4, 0.5) is 8.78 Å². The second-order valence-corrected chi connectivity index (χ2v) is 3.76. The molecule has 0 spiro atoms. The lowest BCUT2D eigenvalue weighted by Crippen LogP contribution is -2.42. The Morgan fingerprint density at radius 1 is 1.50 bits per heavy atom. The first-order valence-corrected chi connectivity index (χ1v) is 5.43. The van der Waals surface area contributed by atoms with Crippen LogP contribution in [0.15, 0.2) is 18.2 Å². The van der Waals surface area contributed by atoms with E-state index in [2.05, 4.69) is 16.6 Å². The fraction of sp³-hybridized carbons (Fsp3) is 0.308. The average molecular weight is 252 g/mol. The van der Waals surface area contributed by atoms with Gasteiger partial charge in [0.05, 0.1) is 12.6 Å². The number of benzene rings is 1. The molecule has 0 aliphatic carbocycles. The second-order valence-electron chi connectivity index (χ2n) is 3.76. The van der Waals surface area contributed by atoms with E-state index in [4.69, 9.17) is 6.42 Å². The quantitative estimate of drug-likeness (QED) is 0.773. The predicted molar refractivity (Wildman–Crippen MR) is 64.5 cm³/mol. The van der Waals surface area contributed by atoms with Crippen molar-refractivity contribution in [1.29, 1.82) is 0 Å². The minimum atomic E-state index is -0.541. The predicted octanol–water partition coefficient (Wildman–Crippen LogP) is 1.19. The molecular weight excluding hydrogens is 238 g/mol. The van der Waals surface area contributed by atoms with Gasteiger partial charge in [0.2, 0.25) is 5.91 Å². The lowest BCUT2D eigenvalue weighted by Gasteiger charge is -2.13. The van der Waals surface area contributed by atoms with E-state index in [1.165, 1.54) is 0 Å². The van der Waals surface area contributed by atoms with Gasteiger partial charge in [0, 0.05) is 12.1 Å². The molecule has 1 atom stereocenters. The smallest absolute Gasteiger partial charge is 0.237 e. The maximum atomic E-state index is 13.3. The highest BCUT2D eigenvalue weighted by molar-refractivity contribution is 5.81. The summed E-state index contributed by atoms with van der Waals surface area (Å²) in [7, 11) is 0. The van der Waals surface area contributed by atoms with Gasteiger partial charge in [-0.3, -0.25) is 4.79 Å². The van der Waals surface area contributed by atoms with Crippen molar-refractivity contribution in [3.05, 3.63) is 35.4 Å². The summed E-state index contributed by atoms with van der Waals surface area (Å²) in [5.74, 6) is 0.957. The Bertz CT molecular complexity index is 469. The molecule has 0 aromatic heterocycles. The van der Waals surface area contributed by atoms with Gasteiger partial charge in [-0.05, 0) is 25.1 Å². The van der Waals surface area contributed by atoms with Crippen molar-refractivity contribution in [2.75, 3.05) is 6.54 Å². The van der Waals surface area contributed by atoms with Crippen molar-refractivity contribution in [1.82, 2.24) is 10.6 Å². The Morgan fingerprint density at radius 3 is 2.89 bits per heavy atom. The van der Waals surface area contributed by atoms with Crippen LogP contribution in [0.25, 0.3) is 0 Å². The Hall–Kier alpha value is -1.93. The van der Waals surface area contributed by atoms with Gasteiger partial charge in [0.25, 0.3) is 0 Å². The van der Waals surface area contributed by atoms with Gasteiger partial charge >= 0.3 is 0 Å². The highest BCUT2D eigenvalue weighted by Crippen LogP contribution is 2.09. The lowest BCUT2D eigenvalue weighted by atomic mass is 10.2. The Kier molecular flexibility index (Phi) is 5.28. The monoisotopic (exact) mass is 252 g/mol. The van der Waals surface area contributed by atoms with Crippen LogP contribution in [-0.4, -0.2) is 18.5 Å². The zero-order valence-corrected chi connectivity index (χ0v) is 9.97. The van der Waals surface area contributed by atoms with Crippen molar-refractivity contribution < 1.29 is 13.6 Å². The van der Waals surface area contributed by atoms with E-state index in [0.29, 0.717) is 0 Å². The summed E-state index contributed by atoms with van der Waals surface area (Å²) in [5, 5.41) is 5.28. The largest absolute Gasteiger partial charge is 0.344 e. The number of carbonyl (C=O) groups is 1. The SMILES string of the molecule is C#CCNC(=O)C(C)NCc1cc(F)ccc1F. The van der Waals surface area contributed by atoms with Crippen LogP contribution in [0.1, 0.15) is 12.5 Å². The molecular formula is C13H14F2N2O. The standard InChI is InChI=1S/C13H14F2N2O/c1-3-6-16-13(18)9(2)17-8-10-7-11(14)4-5-12(10)15/h1,4-5,7,9,17H,6,8H2,2H3,(H,16,18). The Morgan fingerprint density at radius 2 is 2.22 bits per heavy atom. The highest BCUT2D eigenvalue weighted by Gasteiger charge is 2.12. The fourth-order valence-corrected chi connectivity index (χ4v) is 1.33. The van der Waals surface area contributed by atoms with E-state index >= 15 is 0 Å². The fourth-order valence-electron chi connectivity index (χ4n) is 1.33. The van der Waals surface area contributed by atoms with Crippen molar-refractivity contribution >= 4 is 5.91 Å². The maximum Gasteiger partial charge on any atom is 0.237 e. The summed E-state index contributed by atoms with van der Waals surface area (Å²) in [6.45, 7) is 1.82. The number of carbonyl (C=O) groups excluding carboxylic acids is 1. The van der Waals surface area contributed by atoms with Crippen LogP contribution >= 0.6 is 0 Å². The number of hydrogen-bond acceptors (Lipinski definition) is 2. The molecule has 0 aliphatic rings. The van der Waals surface area contributed by atoms with Crippen LogP contribution in [0.2, 0.25) is 0 Å². The van der Waals surface area contributed by atoms with Gasteiger partial charge in [-0.15, -0.1) is 6.42 Å². The molecule has 3 nitrogen and oxygen atoms in total. The van der Waals surface area contributed by atoms with Gasteiger partial charge in [-0.25, -0.2) is 8.78 Å². The molecule has 1 amide bonds. The molecule has 1 unspecified atom stereocenters. The number of nitrogens with one attached hydrogen (secondary N) is 2. The Balaban J connectivity index is 2.52. The molecule has 96 valence electrons. The molecule has 0 radical (unpaired) electrons. The summed E-state index contributed by atoms with van der Waals surface area (Å²) >= 11 is 0. The number of hydrogen-bond donors (Lipinski definition) is 2. The number of halogens is 2. The number of terminal acetylenes is 1. The van der Waals surface area contributed by atoms with Crippen LogP contribution < -0.4 is 10.6 Å². The zero-order chi connectivity index (χ0) is 13.5. The van der Waals surface area contributed by atoms with Crippen LogP contribution in [0, 0.1) is 24.0 Å². The van der Waals surface area contributed by atoms with E-state index in [1.807, 2.05) is 0 Å². The van der Waals surface area contributed by atoms with Crippen molar-refractivity contribution in [2.24, 2.45) is 0 Å². The molecule has 0 fully saturated rings. The van der Waals surface area contributed by atoms with E-state index in [1.54, 1.807) is 6.92 Å². The molecule has 2 N–H and O–H groups in total. The van der Waals surface area contributed by atoms with Crippen molar-refractivity contribution in [3.63, 3.8) is 0 Å². The molecule has 0 saturated heterocycles. The first-order valence-electron chi connectivity index (χ1n) is 5.43. The van der Waals surface area contributed by atoms with Gasteiger partial charge in [0.1, 0.15) is 11.6 Å². The third-order valence-electron chi connectivity index (χ3n) is 2.36.